The van der Waals surface area contributed by atoms with Crippen LogP contribution in [0.15, 0.2) is 24.3 Å². The Morgan fingerprint density at radius 1 is 1.43 bits per heavy atom. The highest BCUT2D eigenvalue weighted by molar-refractivity contribution is 5.45. The van der Waals surface area contributed by atoms with Gasteiger partial charge in [0.25, 0.3) is 6.47 Å². The molecule has 0 saturated carbocycles. The maximum absolute atomic E-state index is 8.36. The van der Waals surface area contributed by atoms with E-state index in [0.717, 1.165) is 11.3 Å². The molecule has 5 N–H and O–H groups in total. The average Bonchev–Trinajstić information content (AvgIpc) is 2.19. The monoisotopic (exact) mass is 197 g/mol. The maximum atomic E-state index is 8.36. The van der Waals surface area contributed by atoms with Crippen molar-refractivity contribution in [2.24, 2.45) is 11.6 Å². The lowest BCUT2D eigenvalue weighted by Crippen LogP contribution is -2.24. The SMILES string of the molecule is CN(N)c1ccc(CN)cc1.O=CO. The predicted octanol–water partition coefficient (Wildman–Crippen LogP) is 0.156. The Bertz CT molecular complexity index is 259. The van der Waals surface area contributed by atoms with Crippen molar-refractivity contribution in [1.29, 1.82) is 0 Å². The summed E-state index contributed by atoms with van der Waals surface area (Å²) < 4.78 is 0. The molecule has 1 aromatic rings. The van der Waals surface area contributed by atoms with Gasteiger partial charge in [0.2, 0.25) is 0 Å². The Hall–Kier alpha value is -1.59. The van der Waals surface area contributed by atoms with Crippen LogP contribution in [0.3, 0.4) is 0 Å². The van der Waals surface area contributed by atoms with Gasteiger partial charge in [-0.3, -0.25) is 4.79 Å². The van der Waals surface area contributed by atoms with Crippen molar-refractivity contribution in [2.75, 3.05) is 12.1 Å². The molecule has 0 aliphatic heterocycles. The number of nitrogens with two attached hydrogens (primary N) is 2. The fourth-order valence-corrected chi connectivity index (χ4v) is 0.867. The van der Waals surface area contributed by atoms with Crippen LogP contribution in [0.4, 0.5) is 5.69 Å². The second-order valence-electron chi connectivity index (χ2n) is 2.59. The minimum Gasteiger partial charge on any atom is -0.483 e. The van der Waals surface area contributed by atoms with Gasteiger partial charge in [-0.2, -0.15) is 0 Å². The second-order valence-corrected chi connectivity index (χ2v) is 2.59. The third-order valence-electron chi connectivity index (χ3n) is 1.58. The minimum atomic E-state index is -0.250. The van der Waals surface area contributed by atoms with Crippen molar-refractivity contribution in [3.05, 3.63) is 29.8 Å². The van der Waals surface area contributed by atoms with Gasteiger partial charge in [-0.15, -0.1) is 0 Å². The molecule has 0 fully saturated rings. The molecule has 0 amide bonds. The summed E-state index contributed by atoms with van der Waals surface area (Å²) in [5.41, 5.74) is 7.54. The van der Waals surface area contributed by atoms with Crippen LogP contribution < -0.4 is 16.6 Å². The Balaban J connectivity index is 0.000000500. The van der Waals surface area contributed by atoms with E-state index in [0.29, 0.717) is 6.54 Å². The first kappa shape index (κ1) is 12.4. The number of benzene rings is 1. The van der Waals surface area contributed by atoms with Crippen LogP contribution in [0.5, 0.6) is 0 Å². The van der Waals surface area contributed by atoms with Crippen LogP contribution in [-0.2, 0) is 11.3 Å². The van der Waals surface area contributed by atoms with Crippen molar-refractivity contribution in [3.63, 3.8) is 0 Å². The first-order chi connectivity index (χ1) is 6.65. The number of hydrogen-bond donors (Lipinski definition) is 3. The third kappa shape index (κ3) is 4.44. The minimum absolute atomic E-state index is 0.250. The molecule has 0 bridgehead atoms. The number of hydrogen-bond acceptors (Lipinski definition) is 4. The molecular formula is C9H15N3O2. The van der Waals surface area contributed by atoms with Crippen molar-refractivity contribution in [2.45, 2.75) is 6.54 Å². The first-order valence-corrected chi connectivity index (χ1v) is 4.01. The van der Waals surface area contributed by atoms with Crippen molar-refractivity contribution >= 4 is 12.2 Å². The summed E-state index contributed by atoms with van der Waals surface area (Å²) in [4.78, 5) is 8.36. The second kappa shape index (κ2) is 6.88. The molecule has 0 aliphatic rings. The molecule has 0 radical (unpaired) electrons. The van der Waals surface area contributed by atoms with Gasteiger partial charge in [0.05, 0.1) is 5.69 Å². The summed E-state index contributed by atoms with van der Waals surface area (Å²) in [6, 6.07) is 7.84. The first-order valence-electron chi connectivity index (χ1n) is 4.01. The van der Waals surface area contributed by atoms with Crippen LogP contribution >= 0.6 is 0 Å². The maximum Gasteiger partial charge on any atom is 0.290 e. The summed E-state index contributed by atoms with van der Waals surface area (Å²) in [7, 11) is 1.80. The van der Waals surface area contributed by atoms with E-state index in [9.17, 15) is 0 Å². The highest BCUT2D eigenvalue weighted by Crippen LogP contribution is 2.10. The van der Waals surface area contributed by atoms with E-state index >= 15 is 0 Å². The van der Waals surface area contributed by atoms with Crippen molar-refractivity contribution in [3.8, 4) is 0 Å². The molecule has 0 aromatic heterocycles. The lowest BCUT2D eigenvalue weighted by atomic mass is 10.2. The molecule has 0 atom stereocenters. The standard InChI is InChI=1S/C8H13N3.CH2O2/c1-11(10)8-4-2-7(6-9)3-5-8;2-1-3/h2-5H,6,9-10H2,1H3;1H,(H,2,3). The fraction of sp³-hybridized carbons (Fsp3) is 0.222. The number of anilines is 1. The van der Waals surface area contributed by atoms with Gasteiger partial charge < -0.3 is 15.8 Å². The van der Waals surface area contributed by atoms with Crippen LogP contribution in [0, 0.1) is 0 Å². The average molecular weight is 197 g/mol. The third-order valence-corrected chi connectivity index (χ3v) is 1.58. The zero-order chi connectivity index (χ0) is 11.0. The van der Waals surface area contributed by atoms with E-state index in [1.165, 1.54) is 0 Å². The number of hydrazine groups is 1. The van der Waals surface area contributed by atoms with E-state index in [1.807, 2.05) is 24.3 Å². The van der Waals surface area contributed by atoms with Gasteiger partial charge in [0.15, 0.2) is 0 Å². The van der Waals surface area contributed by atoms with E-state index in [4.69, 9.17) is 21.5 Å². The number of nitrogens with zero attached hydrogens (tertiary/aromatic N) is 1. The molecule has 78 valence electrons. The molecule has 0 saturated heterocycles. The molecule has 0 aliphatic carbocycles. The summed E-state index contributed by atoms with van der Waals surface area (Å²) in [6.45, 7) is 0.328. The van der Waals surface area contributed by atoms with Gasteiger partial charge in [-0.1, -0.05) is 12.1 Å². The lowest BCUT2D eigenvalue weighted by molar-refractivity contribution is -0.122. The van der Waals surface area contributed by atoms with Gasteiger partial charge in [-0.05, 0) is 17.7 Å². The largest absolute Gasteiger partial charge is 0.483 e. The van der Waals surface area contributed by atoms with Gasteiger partial charge in [0.1, 0.15) is 0 Å². The topological polar surface area (TPSA) is 92.6 Å². The molecule has 1 rings (SSSR count). The Labute approximate surface area is 82.9 Å². The summed E-state index contributed by atoms with van der Waals surface area (Å²) in [5.74, 6) is 5.51. The highest BCUT2D eigenvalue weighted by Gasteiger charge is 1.93. The van der Waals surface area contributed by atoms with Crippen LogP contribution in [0.1, 0.15) is 5.56 Å². The smallest absolute Gasteiger partial charge is 0.290 e. The normalized spacial score (nSPS) is 8.50. The highest BCUT2D eigenvalue weighted by atomic mass is 16.3. The van der Waals surface area contributed by atoms with Crippen LogP contribution in [0.2, 0.25) is 0 Å². The van der Waals surface area contributed by atoms with Crippen molar-refractivity contribution < 1.29 is 9.90 Å². The Morgan fingerprint density at radius 2 is 1.86 bits per heavy atom. The predicted molar refractivity (Wildman–Crippen MR) is 55.6 cm³/mol. The van der Waals surface area contributed by atoms with Crippen LogP contribution in [-0.4, -0.2) is 18.6 Å². The summed E-state index contributed by atoms with van der Waals surface area (Å²) >= 11 is 0. The Morgan fingerprint density at radius 3 is 2.14 bits per heavy atom. The molecule has 1 aromatic carbocycles. The van der Waals surface area contributed by atoms with Crippen molar-refractivity contribution in [1.82, 2.24) is 0 Å². The number of carboxylic acid groups (broad SMARTS) is 1. The molecule has 5 nitrogen and oxygen atoms in total. The Kier molecular flexibility index (Phi) is 6.09. The molecule has 0 spiro atoms. The molecule has 14 heavy (non-hydrogen) atoms. The van der Waals surface area contributed by atoms with Crippen LogP contribution in [0.25, 0.3) is 0 Å². The molecule has 0 heterocycles. The number of rotatable bonds is 2. The van der Waals surface area contributed by atoms with E-state index in [-0.39, 0.29) is 6.47 Å². The van der Waals surface area contributed by atoms with Gasteiger partial charge >= 0.3 is 0 Å². The zero-order valence-corrected chi connectivity index (χ0v) is 8.05. The quantitative estimate of drug-likeness (QED) is 0.356. The number of carbonyl (C=O) groups is 1. The van der Waals surface area contributed by atoms with E-state index < -0.39 is 0 Å². The van der Waals surface area contributed by atoms with E-state index in [2.05, 4.69) is 0 Å². The lowest BCUT2D eigenvalue weighted by Gasteiger charge is -2.11. The molecule has 5 heteroatoms. The summed E-state index contributed by atoms with van der Waals surface area (Å²) in [5, 5.41) is 8.46. The fourth-order valence-electron chi connectivity index (χ4n) is 0.867. The zero-order valence-electron chi connectivity index (χ0n) is 8.05. The van der Waals surface area contributed by atoms with Gasteiger partial charge in [0, 0.05) is 13.6 Å². The summed E-state index contributed by atoms with van der Waals surface area (Å²) in [6.07, 6.45) is 0. The van der Waals surface area contributed by atoms with Gasteiger partial charge in [-0.25, -0.2) is 5.84 Å². The molecule has 0 unspecified atom stereocenters. The molecular weight excluding hydrogens is 182 g/mol. The van der Waals surface area contributed by atoms with E-state index in [1.54, 1.807) is 12.1 Å².